The molecule has 1 fully saturated rings. The smallest absolute Gasteiger partial charge is 0.247 e. The Morgan fingerprint density at radius 3 is 2.16 bits per heavy atom. The molecular formula is C30H56N8O4Si3. The monoisotopic (exact) mass is 676 g/mol. The molecule has 0 bridgehead atoms. The van der Waals surface area contributed by atoms with Crippen molar-refractivity contribution in [3.05, 3.63) is 6.20 Å². The van der Waals surface area contributed by atoms with Crippen LogP contribution in [0.5, 0.6) is 5.88 Å². The minimum Gasteiger partial charge on any atom is -0.476 e. The van der Waals surface area contributed by atoms with Crippen LogP contribution >= 0.6 is 0 Å². The van der Waals surface area contributed by atoms with Gasteiger partial charge < -0.3 is 24.1 Å². The summed E-state index contributed by atoms with van der Waals surface area (Å²) in [5.41, 5.74) is 7.93. The van der Waals surface area contributed by atoms with Gasteiger partial charge in [0.25, 0.3) is 0 Å². The maximum absolute atomic E-state index is 7.05. The van der Waals surface area contributed by atoms with Crippen LogP contribution in [0, 0.1) is 0 Å². The van der Waals surface area contributed by atoms with Crippen molar-refractivity contribution in [3.63, 3.8) is 0 Å². The second kappa shape index (κ2) is 12.4. The molecular weight excluding hydrogens is 621 g/mol. The highest BCUT2D eigenvalue weighted by atomic mass is 28.4. The highest BCUT2D eigenvalue weighted by Crippen LogP contribution is 2.44. The molecule has 1 aliphatic rings. The van der Waals surface area contributed by atoms with Crippen molar-refractivity contribution >= 4 is 41.8 Å². The predicted octanol–water partition coefficient (Wildman–Crippen LogP) is 6.62. The van der Waals surface area contributed by atoms with E-state index in [0.29, 0.717) is 48.2 Å². The number of hydrogen-bond donors (Lipinski definition) is 1. The highest BCUT2D eigenvalue weighted by molar-refractivity contribution is 6.76. The van der Waals surface area contributed by atoms with Crippen molar-refractivity contribution in [2.75, 3.05) is 18.9 Å². The number of aryl methyl sites for hydroxylation is 1. The molecule has 0 unspecified atom stereocenters. The first-order chi connectivity index (χ1) is 20.5. The fraction of sp³-hybridized carbons (Fsp3) is 0.767. The molecule has 0 aromatic carbocycles. The van der Waals surface area contributed by atoms with Gasteiger partial charge in [-0.05, 0) is 42.3 Å². The molecule has 15 heteroatoms. The Labute approximate surface area is 272 Å². The van der Waals surface area contributed by atoms with E-state index in [1.165, 1.54) is 0 Å². The Morgan fingerprint density at radius 1 is 0.956 bits per heavy atom. The van der Waals surface area contributed by atoms with Crippen LogP contribution in [-0.2, 0) is 20.6 Å². The van der Waals surface area contributed by atoms with Gasteiger partial charge in [0.15, 0.2) is 33.6 Å². The van der Waals surface area contributed by atoms with Gasteiger partial charge in [0.2, 0.25) is 11.8 Å². The molecule has 1 aliphatic heterocycles. The van der Waals surface area contributed by atoms with Gasteiger partial charge in [0.05, 0.1) is 25.5 Å². The second-order valence-corrected chi connectivity index (χ2v) is 31.8. The van der Waals surface area contributed by atoms with Crippen molar-refractivity contribution < 1.29 is 18.3 Å². The first-order valence-corrected chi connectivity index (χ1v) is 25.5. The Hall–Kier alpha value is -2.18. The minimum atomic E-state index is -2.15. The van der Waals surface area contributed by atoms with E-state index in [1.54, 1.807) is 4.68 Å². The normalized spacial score (nSPS) is 20.4. The van der Waals surface area contributed by atoms with E-state index in [0.717, 1.165) is 6.04 Å². The number of nitrogen functional groups attached to an aromatic ring is 1. The van der Waals surface area contributed by atoms with Gasteiger partial charge in [-0.1, -0.05) is 66.4 Å². The summed E-state index contributed by atoms with van der Waals surface area (Å²) in [6.07, 6.45) is 1.50. The van der Waals surface area contributed by atoms with Crippen LogP contribution in [0.2, 0.25) is 61.9 Å². The summed E-state index contributed by atoms with van der Waals surface area (Å²) in [7, 11) is -3.71. The number of nitrogens with two attached hydrogens (primary N) is 1. The molecule has 0 radical (unpaired) electrons. The van der Waals surface area contributed by atoms with Crippen molar-refractivity contribution in [1.82, 2.24) is 34.5 Å². The van der Waals surface area contributed by atoms with E-state index < -0.39 is 30.9 Å². The lowest BCUT2D eigenvalue weighted by molar-refractivity contribution is -0.0378. The van der Waals surface area contributed by atoms with Gasteiger partial charge in [-0.2, -0.15) is 9.97 Å². The SMILES string of the molecule is Cn1cc(-c2nc3c(OCC[Si](C)(C)C)nc(N)nc3n2[C@H]2C[C@H](O[Si](C)(C)C(C)(C)C)[C@@H](CO[Si](C)(C)C(C)(C)C)O2)nn1. The fourth-order valence-corrected chi connectivity index (χ4v) is 7.70. The van der Waals surface area contributed by atoms with Crippen molar-refractivity contribution in [2.45, 2.75) is 128 Å². The van der Waals surface area contributed by atoms with Crippen LogP contribution in [0.15, 0.2) is 6.20 Å². The molecule has 3 atom stereocenters. The van der Waals surface area contributed by atoms with Crippen molar-refractivity contribution in [1.29, 1.82) is 0 Å². The number of rotatable bonds is 11. The number of ether oxygens (including phenoxy) is 2. The number of nitrogens with zero attached hydrogens (tertiary/aromatic N) is 7. The average molecular weight is 677 g/mol. The summed E-state index contributed by atoms with van der Waals surface area (Å²) in [6.45, 7) is 30.5. The maximum atomic E-state index is 7.05. The lowest BCUT2D eigenvalue weighted by Gasteiger charge is -2.40. The van der Waals surface area contributed by atoms with Crippen LogP contribution in [0.4, 0.5) is 5.95 Å². The van der Waals surface area contributed by atoms with E-state index in [-0.39, 0.29) is 28.2 Å². The Morgan fingerprint density at radius 2 is 1.60 bits per heavy atom. The molecule has 1 saturated heterocycles. The van der Waals surface area contributed by atoms with Crippen LogP contribution in [-0.4, -0.2) is 84.6 Å². The van der Waals surface area contributed by atoms with Gasteiger partial charge in [0.1, 0.15) is 18.0 Å². The second-order valence-electron chi connectivity index (χ2n) is 16.7. The third-order valence-electron chi connectivity index (χ3n) is 9.58. The Balaban J connectivity index is 1.79. The molecule has 3 aromatic heterocycles. The summed E-state index contributed by atoms with van der Waals surface area (Å²) in [5.74, 6) is 1.04. The molecule has 0 aliphatic carbocycles. The minimum absolute atomic E-state index is 0.0340. The average Bonchev–Trinajstić information content (AvgIpc) is 3.56. The first-order valence-electron chi connectivity index (χ1n) is 16.0. The zero-order valence-electron chi connectivity index (χ0n) is 30.0. The third-order valence-corrected chi connectivity index (χ3v) is 20.3. The molecule has 12 nitrogen and oxygen atoms in total. The Bertz CT molecular complexity index is 1490. The molecule has 252 valence electrons. The lowest BCUT2D eigenvalue weighted by Crippen LogP contribution is -2.48. The quantitative estimate of drug-likeness (QED) is 0.221. The zero-order chi connectivity index (χ0) is 33.8. The lowest BCUT2D eigenvalue weighted by atomic mass is 10.2. The van der Waals surface area contributed by atoms with Crippen molar-refractivity contribution in [2.24, 2.45) is 7.05 Å². The van der Waals surface area contributed by atoms with Gasteiger partial charge in [-0.25, -0.2) is 4.98 Å². The van der Waals surface area contributed by atoms with E-state index in [9.17, 15) is 0 Å². The van der Waals surface area contributed by atoms with Gasteiger partial charge in [0, 0.05) is 21.5 Å². The molecule has 2 N–H and O–H groups in total. The largest absolute Gasteiger partial charge is 0.476 e. The van der Waals surface area contributed by atoms with E-state index in [1.807, 2.05) is 17.8 Å². The maximum Gasteiger partial charge on any atom is 0.247 e. The Kier molecular flexibility index (Phi) is 9.87. The molecule has 4 rings (SSSR count). The van der Waals surface area contributed by atoms with Gasteiger partial charge in [-0.3, -0.25) is 9.25 Å². The van der Waals surface area contributed by atoms with Crippen LogP contribution in [0.3, 0.4) is 0 Å². The van der Waals surface area contributed by atoms with Crippen LogP contribution in [0.25, 0.3) is 22.7 Å². The van der Waals surface area contributed by atoms with E-state index in [4.69, 9.17) is 29.0 Å². The van der Waals surface area contributed by atoms with E-state index >= 15 is 0 Å². The molecule has 0 spiro atoms. The first kappa shape index (κ1) is 35.7. The topological polar surface area (TPSA) is 137 Å². The summed E-state index contributed by atoms with van der Waals surface area (Å²) >= 11 is 0. The molecule has 4 heterocycles. The summed E-state index contributed by atoms with van der Waals surface area (Å²) in [6, 6.07) is 0.976. The zero-order valence-corrected chi connectivity index (χ0v) is 33.0. The number of fused-ring (bicyclic) bond motifs is 1. The molecule has 0 saturated carbocycles. The highest BCUT2D eigenvalue weighted by Gasteiger charge is 2.47. The molecule has 45 heavy (non-hydrogen) atoms. The summed E-state index contributed by atoms with van der Waals surface area (Å²) in [4.78, 5) is 14.1. The number of anilines is 1. The summed E-state index contributed by atoms with van der Waals surface area (Å²) < 4.78 is 30.5. The number of aromatic nitrogens is 7. The van der Waals surface area contributed by atoms with Gasteiger partial charge in [-0.15, -0.1) is 5.10 Å². The number of imidazole rings is 1. The predicted molar refractivity (Wildman–Crippen MR) is 187 cm³/mol. The standard InChI is InChI=1S/C30H56N8O4Si3/c1-29(2,3)44(11,12)40-19-22-21(42-45(13,14)30(4,5)6)17-23(41-22)38-25(20-18-37(7)36-35-20)32-24-26(38)33-28(31)34-27(24)39-15-16-43(8,9)10/h18,21-23H,15-17,19H2,1-14H3,(H2,31,33,34)/t21-,22+,23+/m0/s1. The molecule has 0 amide bonds. The van der Waals surface area contributed by atoms with Crippen molar-refractivity contribution in [3.8, 4) is 17.4 Å². The fourth-order valence-electron chi connectivity index (χ4n) is 4.62. The third kappa shape index (κ3) is 8.04. The van der Waals surface area contributed by atoms with Crippen LogP contribution in [0.1, 0.15) is 54.2 Å². The van der Waals surface area contributed by atoms with E-state index in [2.05, 4.69) is 108 Å². The van der Waals surface area contributed by atoms with Crippen LogP contribution < -0.4 is 10.5 Å². The number of hydrogen-bond acceptors (Lipinski definition) is 10. The molecule has 3 aromatic rings. The van der Waals surface area contributed by atoms with Gasteiger partial charge >= 0.3 is 0 Å². The summed E-state index contributed by atoms with van der Waals surface area (Å²) in [5, 5.41) is 8.69.